The minimum atomic E-state index is -0.608. The van der Waals surface area contributed by atoms with E-state index in [0.29, 0.717) is 27.9 Å². The van der Waals surface area contributed by atoms with E-state index in [1.807, 2.05) is 0 Å². The molecule has 9 nitrogen and oxygen atoms in total. The van der Waals surface area contributed by atoms with Crippen molar-refractivity contribution in [2.45, 2.75) is 0 Å². The van der Waals surface area contributed by atoms with E-state index in [9.17, 15) is 14.4 Å². The molecule has 2 amide bonds. The third-order valence-electron chi connectivity index (χ3n) is 4.31. The fraction of sp³-hybridized carbons (Fsp3) is 0.286. The standard InChI is InChI=1S/C21H24ClN3O6/c1-25(12-19(26)24-15-8-6-5-7-14(15)22)20(27)11-23-16-10-18(30-3)17(29-2)9-13(16)21(28)31-4/h5-10,23H,11-12H2,1-4H3,(H,24,26). The third-order valence-corrected chi connectivity index (χ3v) is 4.64. The molecular formula is C21H24ClN3O6. The fourth-order valence-corrected chi connectivity index (χ4v) is 2.85. The number of rotatable bonds is 9. The number of likely N-dealkylation sites (N-methyl/N-ethyl adjacent to an activating group) is 1. The van der Waals surface area contributed by atoms with Crippen LogP contribution in [0.3, 0.4) is 0 Å². The summed E-state index contributed by atoms with van der Waals surface area (Å²) in [6, 6.07) is 9.78. The fourth-order valence-electron chi connectivity index (χ4n) is 2.67. The van der Waals surface area contributed by atoms with Gasteiger partial charge in [0, 0.05) is 19.2 Å². The summed E-state index contributed by atoms with van der Waals surface area (Å²) in [6.45, 7) is -0.350. The van der Waals surface area contributed by atoms with E-state index in [0.717, 1.165) is 0 Å². The van der Waals surface area contributed by atoms with Crippen LogP contribution >= 0.6 is 11.6 Å². The van der Waals surface area contributed by atoms with Crippen LogP contribution in [0.15, 0.2) is 36.4 Å². The largest absolute Gasteiger partial charge is 0.493 e. The van der Waals surface area contributed by atoms with Crippen LogP contribution in [0.1, 0.15) is 10.4 Å². The van der Waals surface area contributed by atoms with Gasteiger partial charge in [-0.3, -0.25) is 9.59 Å². The van der Waals surface area contributed by atoms with Crippen LogP contribution in [0.2, 0.25) is 5.02 Å². The summed E-state index contributed by atoms with van der Waals surface area (Å²) >= 11 is 6.02. The van der Waals surface area contributed by atoms with Crippen LogP contribution in [-0.4, -0.2) is 64.2 Å². The summed E-state index contributed by atoms with van der Waals surface area (Å²) in [5.74, 6) is -0.667. The second kappa shape index (κ2) is 11.1. The Morgan fingerprint density at radius 1 is 1.00 bits per heavy atom. The van der Waals surface area contributed by atoms with Gasteiger partial charge in [-0.2, -0.15) is 0 Å². The lowest BCUT2D eigenvalue weighted by atomic mass is 10.1. The number of ether oxygens (including phenoxy) is 3. The first-order valence-electron chi connectivity index (χ1n) is 9.17. The highest BCUT2D eigenvalue weighted by atomic mass is 35.5. The van der Waals surface area contributed by atoms with Crippen LogP contribution in [0.4, 0.5) is 11.4 Å². The van der Waals surface area contributed by atoms with E-state index in [1.165, 1.54) is 45.4 Å². The SMILES string of the molecule is COC(=O)c1cc(OC)c(OC)cc1NCC(=O)N(C)CC(=O)Nc1ccccc1Cl. The number of para-hydroxylation sites is 1. The summed E-state index contributed by atoms with van der Waals surface area (Å²) < 4.78 is 15.2. The monoisotopic (exact) mass is 449 g/mol. The Balaban J connectivity index is 2.04. The van der Waals surface area contributed by atoms with E-state index in [4.69, 9.17) is 25.8 Å². The second-order valence-corrected chi connectivity index (χ2v) is 6.78. The predicted molar refractivity (Wildman–Crippen MR) is 117 cm³/mol. The number of hydrogen-bond acceptors (Lipinski definition) is 7. The van der Waals surface area contributed by atoms with Crippen molar-refractivity contribution in [2.75, 3.05) is 52.1 Å². The van der Waals surface area contributed by atoms with Crippen molar-refractivity contribution < 1.29 is 28.6 Å². The minimum Gasteiger partial charge on any atom is -0.493 e. The van der Waals surface area contributed by atoms with Crippen molar-refractivity contribution >= 4 is 40.8 Å². The van der Waals surface area contributed by atoms with Crippen molar-refractivity contribution in [1.29, 1.82) is 0 Å². The summed E-state index contributed by atoms with van der Waals surface area (Å²) in [5, 5.41) is 5.94. The maximum atomic E-state index is 12.5. The normalized spacial score (nSPS) is 10.1. The number of hydrogen-bond donors (Lipinski definition) is 2. The van der Waals surface area contributed by atoms with Crippen molar-refractivity contribution in [3.05, 3.63) is 47.0 Å². The van der Waals surface area contributed by atoms with Gasteiger partial charge < -0.3 is 29.7 Å². The number of nitrogens with zero attached hydrogens (tertiary/aromatic N) is 1. The molecule has 2 rings (SSSR count). The number of esters is 1. The number of carbonyl (C=O) groups is 3. The molecule has 2 aromatic rings. The topological polar surface area (TPSA) is 106 Å². The third kappa shape index (κ3) is 6.26. The zero-order valence-corrected chi connectivity index (χ0v) is 18.4. The van der Waals surface area contributed by atoms with E-state index in [1.54, 1.807) is 24.3 Å². The molecule has 0 aliphatic carbocycles. The molecule has 0 saturated heterocycles. The highest BCUT2D eigenvalue weighted by molar-refractivity contribution is 6.33. The van der Waals surface area contributed by atoms with Gasteiger partial charge >= 0.3 is 5.97 Å². The molecule has 0 aliphatic rings. The quantitative estimate of drug-likeness (QED) is 0.567. The van der Waals surface area contributed by atoms with Crippen LogP contribution < -0.4 is 20.1 Å². The molecule has 166 valence electrons. The lowest BCUT2D eigenvalue weighted by Gasteiger charge is -2.19. The van der Waals surface area contributed by atoms with Gasteiger partial charge in [-0.05, 0) is 12.1 Å². The van der Waals surface area contributed by atoms with Gasteiger partial charge in [-0.1, -0.05) is 23.7 Å². The first-order valence-corrected chi connectivity index (χ1v) is 9.55. The molecule has 0 fully saturated rings. The summed E-state index contributed by atoms with van der Waals surface area (Å²) in [6.07, 6.45) is 0. The number of methoxy groups -OCH3 is 3. The average molecular weight is 450 g/mol. The Labute approximate surface area is 185 Å². The number of nitrogens with one attached hydrogen (secondary N) is 2. The van der Waals surface area contributed by atoms with Gasteiger partial charge in [0.15, 0.2) is 11.5 Å². The maximum absolute atomic E-state index is 12.5. The zero-order chi connectivity index (χ0) is 23.0. The Hall–Kier alpha value is -3.46. The van der Waals surface area contributed by atoms with Crippen LogP contribution in [0.25, 0.3) is 0 Å². The van der Waals surface area contributed by atoms with Gasteiger partial charge in [-0.15, -0.1) is 0 Å². The van der Waals surface area contributed by atoms with E-state index < -0.39 is 11.9 Å². The van der Waals surface area contributed by atoms with Gasteiger partial charge in [0.05, 0.1) is 56.4 Å². The first-order chi connectivity index (χ1) is 14.8. The molecule has 2 aromatic carbocycles. The molecule has 0 bridgehead atoms. The van der Waals surface area contributed by atoms with E-state index in [2.05, 4.69) is 10.6 Å². The van der Waals surface area contributed by atoms with Crippen LogP contribution in [-0.2, 0) is 14.3 Å². The molecule has 0 aromatic heterocycles. The van der Waals surface area contributed by atoms with Crippen LogP contribution in [0, 0.1) is 0 Å². The minimum absolute atomic E-state index is 0.171. The van der Waals surface area contributed by atoms with Crippen LogP contribution in [0.5, 0.6) is 11.5 Å². The van der Waals surface area contributed by atoms with Gasteiger partial charge in [0.1, 0.15) is 0 Å². The van der Waals surface area contributed by atoms with E-state index in [-0.39, 0.29) is 24.6 Å². The highest BCUT2D eigenvalue weighted by Gasteiger charge is 2.19. The molecule has 0 saturated carbocycles. The lowest BCUT2D eigenvalue weighted by Crippen LogP contribution is -2.38. The number of halogens is 1. The lowest BCUT2D eigenvalue weighted by molar-refractivity contribution is -0.131. The molecule has 0 heterocycles. The number of benzene rings is 2. The molecule has 10 heteroatoms. The summed E-state index contributed by atoms with van der Waals surface area (Å²) in [7, 11) is 5.64. The Morgan fingerprint density at radius 2 is 1.65 bits per heavy atom. The van der Waals surface area contributed by atoms with Crippen molar-refractivity contribution in [2.24, 2.45) is 0 Å². The van der Waals surface area contributed by atoms with Gasteiger partial charge in [-0.25, -0.2) is 4.79 Å². The van der Waals surface area contributed by atoms with Crippen molar-refractivity contribution in [3.8, 4) is 11.5 Å². The average Bonchev–Trinajstić information content (AvgIpc) is 2.77. The molecule has 0 spiro atoms. The molecule has 2 N–H and O–H groups in total. The molecule has 0 atom stereocenters. The number of amides is 2. The molecule has 0 unspecified atom stereocenters. The van der Waals surface area contributed by atoms with Gasteiger partial charge in [0.2, 0.25) is 11.8 Å². The Morgan fingerprint density at radius 3 is 2.26 bits per heavy atom. The molecule has 0 aliphatic heterocycles. The Kier molecular flexibility index (Phi) is 8.51. The van der Waals surface area contributed by atoms with E-state index >= 15 is 0 Å². The number of carbonyl (C=O) groups excluding carboxylic acids is 3. The smallest absolute Gasteiger partial charge is 0.340 e. The molecule has 31 heavy (non-hydrogen) atoms. The summed E-state index contributed by atoms with van der Waals surface area (Å²) in [4.78, 5) is 38.1. The number of anilines is 2. The van der Waals surface area contributed by atoms with Crippen molar-refractivity contribution in [1.82, 2.24) is 4.90 Å². The predicted octanol–water partition coefficient (Wildman–Crippen LogP) is 2.65. The van der Waals surface area contributed by atoms with Gasteiger partial charge in [0.25, 0.3) is 0 Å². The molecular weight excluding hydrogens is 426 g/mol. The maximum Gasteiger partial charge on any atom is 0.340 e. The second-order valence-electron chi connectivity index (χ2n) is 6.38. The highest BCUT2D eigenvalue weighted by Crippen LogP contribution is 2.33. The summed E-state index contributed by atoms with van der Waals surface area (Å²) in [5.41, 5.74) is 0.958. The van der Waals surface area contributed by atoms with Crippen molar-refractivity contribution in [3.63, 3.8) is 0 Å². The molecule has 0 radical (unpaired) electrons. The first kappa shape index (κ1) is 23.8. The Bertz CT molecular complexity index is 966. The zero-order valence-electron chi connectivity index (χ0n) is 17.7.